The van der Waals surface area contributed by atoms with Crippen molar-refractivity contribution in [3.8, 4) is 6.07 Å². The number of anilines is 2. The first-order valence-electron chi connectivity index (χ1n) is 12.0. The number of carbonyl (C=O) groups is 2. The van der Waals surface area contributed by atoms with E-state index in [1.807, 2.05) is 31.2 Å². The smallest absolute Gasteiger partial charge is 0.234 e. The summed E-state index contributed by atoms with van der Waals surface area (Å²) in [6, 6.07) is 14.7. The van der Waals surface area contributed by atoms with Crippen LogP contribution in [0.15, 0.2) is 69.5 Å². The van der Waals surface area contributed by atoms with E-state index >= 15 is 0 Å². The minimum absolute atomic E-state index is 0.0653. The molecule has 12 heteroatoms. The molecule has 2 aliphatic rings. The second-order valence-corrected chi connectivity index (χ2v) is 12.0. The fourth-order valence-corrected chi connectivity index (χ4v) is 6.93. The zero-order chi connectivity index (χ0) is 27.7. The summed E-state index contributed by atoms with van der Waals surface area (Å²) in [6.07, 6.45) is 1.58. The standard InChI is InChI=1S/C27H22Cl2N6O2S2/c1-14-5-2-3-6-19(14)32-22(37)13-38-27-34-33-26(39-27)35-20-7-4-8-21(36)24(20)23(17(12-30)25(35)31)16-10-9-15(28)11-18(16)29/h2-3,5-6,9-11,23H,4,7-8,13,31H2,1H3,(H,32,37). The number of nitrogens with two attached hydrogens (primary N) is 1. The number of carbonyl (C=O) groups excluding carboxylic acids is 2. The molecule has 1 aliphatic heterocycles. The van der Waals surface area contributed by atoms with Crippen LogP contribution in [0.4, 0.5) is 10.8 Å². The number of thioether (sulfide) groups is 1. The van der Waals surface area contributed by atoms with Crippen LogP contribution >= 0.6 is 46.3 Å². The summed E-state index contributed by atoms with van der Waals surface area (Å²) >= 11 is 15.1. The van der Waals surface area contributed by atoms with Crippen LogP contribution in [0.1, 0.15) is 36.3 Å². The number of benzene rings is 2. The topological polar surface area (TPSA) is 125 Å². The van der Waals surface area contributed by atoms with Crippen molar-refractivity contribution < 1.29 is 9.59 Å². The molecule has 0 saturated heterocycles. The van der Waals surface area contributed by atoms with Gasteiger partial charge in [-0.15, -0.1) is 10.2 Å². The van der Waals surface area contributed by atoms with Gasteiger partial charge in [-0.25, -0.2) is 0 Å². The van der Waals surface area contributed by atoms with Crippen LogP contribution in [-0.4, -0.2) is 27.6 Å². The largest absolute Gasteiger partial charge is 0.384 e. The number of hydrogen-bond acceptors (Lipinski definition) is 9. The van der Waals surface area contributed by atoms with Crippen molar-refractivity contribution in [1.82, 2.24) is 10.2 Å². The van der Waals surface area contributed by atoms with Gasteiger partial charge in [-0.1, -0.05) is 70.6 Å². The average molecular weight is 598 g/mol. The minimum atomic E-state index is -0.703. The van der Waals surface area contributed by atoms with E-state index in [9.17, 15) is 14.9 Å². The van der Waals surface area contributed by atoms with Crippen molar-refractivity contribution in [2.24, 2.45) is 5.73 Å². The number of ketones is 1. The van der Waals surface area contributed by atoms with E-state index in [2.05, 4.69) is 21.6 Å². The van der Waals surface area contributed by atoms with Gasteiger partial charge >= 0.3 is 0 Å². The third kappa shape index (κ3) is 5.40. The van der Waals surface area contributed by atoms with Crippen LogP contribution in [0.2, 0.25) is 10.0 Å². The van der Waals surface area contributed by atoms with E-state index in [-0.39, 0.29) is 28.8 Å². The number of hydrogen-bond donors (Lipinski definition) is 2. The maximum atomic E-state index is 13.3. The number of halogens is 2. The molecule has 5 rings (SSSR count). The van der Waals surface area contributed by atoms with Crippen molar-refractivity contribution in [2.75, 3.05) is 16.0 Å². The molecule has 1 unspecified atom stereocenters. The van der Waals surface area contributed by atoms with Gasteiger partial charge in [0.15, 0.2) is 10.1 Å². The normalized spacial score (nSPS) is 17.2. The Kier molecular flexibility index (Phi) is 7.96. The van der Waals surface area contributed by atoms with E-state index in [4.69, 9.17) is 28.9 Å². The summed E-state index contributed by atoms with van der Waals surface area (Å²) in [4.78, 5) is 27.4. The lowest BCUT2D eigenvalue weighted by Crippen LogP contribution is -2.38. The molecule has 0 fully saturated rings. The summed E-state index contributed by atoms with van der Waals surface area (Å²) in [6.45, 7) is 1.93. The van der Waals surface area contributed by atoms with Crippen LogP contribution in [0.5, 0.6) is 0 Å². The number of nitriles is 1. The number of amides is 1. The third-order valence-electron chi connectivity index (χ3n) is 6.52. The van der Waals surface area contributed by atoms with Crippen LogP contribution < -0.4 is 16.0 Å². The molecular formula is C27H22Cl2N6O2S2. The second kappa shape index (κ2) is 11.4. The number of nitrogens with zero attached hydrogens (tertiary/aromatic N) is 4. The van der Waals surface area contributed by atoms with Crippen molar-refractivity contribution in [1.29, 1.82) is 5.26 Å². The molecule has 1 aliphatic carbocycles. The number of para-hydroxylation sites is 1. The van der Waals surface area contributed by atoms with E-state index in [0.717, 1.165) is 11.3 Å². The summed E-state index contributed by atoms with van der Waals surface area (Å²) in [5, 5.41) is 22.8. The Labute approximate surface area is 243 Å². The molecule has 8 nitrogen and oxygen atoms in total. The molecule has 39 heavy (non-hydrogen) atoms. The molecule has 198 valence electrons. The highest BCUT2D eigenvalue weighted by molar-refractivity contribution is 8.01. The zero-order valence-corrected chi connectivity index (χ0v) is 23.8. The Bertz CT molecular complexity index is 1590. The molecule has 3 N–H and O–H groups in total. The maximum Gasteiger partial charge on any atom is 0.234 e. The van der Waals surface area contributed by atoms with Crippen LogP contribution in [0.3, 0.4) is 0 Å². The predicted octanol–water partition coefficient (Wildman–Crippen LogP) is 6.19. The summed E-state index contributed by atoms with van der Waals surface area (Å²) in [7, 11) is 0. The fraction of sp³-hybridized carbons (Fsp3) is 0.222. The minimum Gasteiger partial charge on any atom is -0.384 e. The van der Waals surface area contributed by atoms with Crippen molar-refractivity contribution in [3.63, 3.8) is 0 Å². The van der Waals surface area contributed by atoms with Crippen LogP contribution in [0.25, 0.3) is 0 Å². The van der Waals surface area contributed by atoms with Crippen LogP contribution in [0, 0.1) is 18.3 Å². The molecule has 0 bridgehead atoms. The van der Waals surface area contributed by atoms with Crippen LogP contribution in [-0.2, 0) is 9.59 Å². The van der Waals surface area contributed by atoms with Gasteiger partial charge in [0.1, 0.15) is 5.82 Å². The van der Waals surface area contributed by atoms with Gasteiger partial charge < -0.3 is 11.1 Å². The van der Waals surface area contributed by atoms with Gasteiger partial charge in [-0.3, -0.25) is 14.5 Å². The average Bonchev–Trinajstić information content (AvgIpc) is 3.37. The van der Waals surface area contributed by atoms with E-state index in [0.29, 0.717) is 55.6 Å². The van der Waals surface area contributed by atoms with E-state index in [1.54, 1.807) is 23.1 Å². The second-order valence-electron chi connectivity index (χ2n) is 8.98. The van der Waals surface area contributed by atoms with Gasteiger partial charge in [0.2, 0.25) is 11.0 Å². The first kappa shape index (κ1) is 27.2. The Hall–Kier alpha value is -3.36. The fourth-order valence-electron chi connectivity index (χ4n) is 4.73. The molecule has 0 spiro atoms. The number of aryl methyl sites for hydroxylation is 1. The predicted molar refractivity (Wildman–Crippen MR) is 155 cm³/mol. The number of Topliss-reactive ketones (excluding diaryl/α,β-unsaturated/α-hetero) is 1. The SMILES string of the molecule is Cc1ccccc1NC(=O)CSc1nnc(N2C(N)=C(C#N)C(c3ccc(Cl)cc3Cl)C3=C2CCCC3=O)s1. The van der Waals surface area contributed by atoms with Gasteiger partial charge in [0, 0.05) is 33.4 Å². The molecule has 1 amide bonds. The highest BCUT2D eigenvalue weighted by Gasteiger charge is 2.42. The molecule has 2 heterocycles. The first-order valence-corrected chi connectivity index (χ1v) is 14.6. The van der Waals surface area contributed by atoms with E-state index < -0.39 is 5.92 Å². The molecule has 3 aromatic rings. The van der Waals surface area contributed by atoms with Gasteiger partial charge in [-0.2, -0.15) is 5.26 Å². The molecule has 1 aromatic heterocycles. The third-order valence-corrected chi connectivity index (χ3v) is 9.12. The number of nitrogens with one attached hydrogen (secondary N) is 1. The monoisotopic (exact) mass is 596 g/mol. The Morgan fingerprint density at radius 3 is 2.79 bits per heavy atom. The molecular weight excluding hydrogens is 575 g/mol. The number of aromatic nitrogens is 2. The maximum absolute atomic E-state index is 13.3. The molecule has 0 saturated carbocycles. The van der Waals surface area contributed by atoms with E-state index in [1.165, 1.54) is 23.1 Å². The zero-order valence-electron chi connectivity index (χ0n) is 20.7. The van der Waals surface area contributed by atoms with Crippen molar-refractivity contribution in [2.45, 2.75) is 36.4 Å². The highest BCUT2D eigenvalue weighted by Crippen LogP contribution is 2.48. The number of rotatable bonds is 6. The van der Waals surface area contributed by atoms with Gasteiger partial charge in [0.05, 0.1) is 23.3 Å². The van der Waals surface area contributed by atoms with Crippen molar-refractivity contribution >= 4 is 68.8 Å². The lowest BCUT2D eigenvalue weighted by molar-refractivity contribution is -0.116. The highest BCUT2D eigenvalue weighted by atomic mass is 35.5. The lowest BCUT2D eigenvalue weighted by atomic mass is 9.76. The quantitative estimate of drug-likeness (QED) is 0.323. The lowest BCUT2D eigenvalue weighted by Gasteiger charge is -2.38. The Morgan fingerprint density at radius 2 is 2.05 bits per heavy atom. The molecule has 0 radical (unpaired) electrons. The molecule has 1 atom stereocenters. The van der Waals surface area contributed by atoms with Crippen molar-refractivity contribution in [3.05, 3.63) is 86.3 Å². The Balaban J connectivity index is 1.44. The number of allylic oxidation sites excluding steroid dienone is 3. The molecule has 2 aromatic carbocycles. The first-order chi connectivity index (χ1) is 18.8. The van der Waals surface area contributed by atoms with Gasteiger partial charge in [0.25, 0.3) is 0 Å². The summed E-state index contributed by atoms with van der Waals surface area (Å²) in [5.41, 5.74) is 10.3. The Morgan fingerprint density at radius 1 is 1.26 bits per heavy atom. The summed E-state index contributed by atoms with van der Waals surface area (Å²) < 4.78 is 0.559. The van der Waals surface area contributed by atoms with Gasteiger partial charge in [-0.05, 0) is 49.1 Å². The summed E-state index contributed by atoms with van der Waals surface area (Å²) in [5.74, 6) is -0.621.